The molecule has 0 aliphatic heterocycles. The van der Waals surface area contributed by atoms with Gasteiger partial charge in [0.25, 0.3) is 0 Å². The number of esters is 1. The molecule has 0 saturated heterocycles. The van der Waals surface area contributed by atoms with E-state index in [0.717, 1.165) is 0 Å². The van der Waals surface area contributed by atoms with Gasteiger partial charge in [0.15, 0.2) is 0 Å². The fourth-order valence-electron chi connectivity index (χ4n) is 2.47. The molecule has 1 rings (SSSR count). The Bertz CT molecular complexity index is 739. The number of ether oxygens (including phenoxy) is 2. The highest BCUT2D eigenvalue weighted by Crippen LogP contribution is 2.11. The van der Waals surface area contributed by atoms with Crippen molar-refractivity contribution >= 4 is 5.97 Å². The van der Waals surface area contributed by atoms with Crippen molar-refractivity contribution < 1.29 is 34.0 Å². The van der Waals surface area contributed by atoms with Crippen LogP contribution < -0.4 is 4.74 Å². The lowest BCUT2D eigenvalue weighted by Gasteiger charge is -2.12. The van der Waals surface area contributed by atoms with Gasteiger partial charge in [0.2, 0.25) is 0 Å². The van der Waals surface area contributed by atoms with Crippen LogP contribution in [0.25, 0.3) is 0 Å². The molecule has 3 N–H and O–H groups in total. The van der Waals surface area contributed by atoms with E-state index in [-0.39, 0.29) is 31.2 Å². The van der Waals surface area contributed by atoms with Crippen LogP contribution in [0.3, 0.4) is 0 Å². The van der Waals surface area contributed by atoms with Crippen LogP contribution in [0.2, 0.25) is 0 Å². The zero-order valence-corrected chi connectivity index (χ0v) is 17.6. The number of carbonyl (C=O) groups excluding carboxylic acids is 1. The Balaban J connectivity index is 2.20. The summed E-state index contributed by atoms with van der Waals surface area (Å²) in [5.41, 5.74) is 0. The molecule has 0 radical (unpaired) electrons. The fourth-order valence-corrected chi connectivity index (χ4v) is 2.47. The van der Waals surface area contributed by atoms with E-state index >= 15 is 0 Å². The minimum Gasteiger partial charge on any atom is -0.491 e. The van der Waals surface area contributed by atoms with Crippen LogP contribution in [0.15, 0.2) is 72.9 Å². The lowest BCUT2D eigenvalue weighted by molar-refractivity contribution is -0.140. The van der Waals surface area contributed by atoms with Gasteiger partial charge >= 0.3 is 5.97 Å². The molecular weight excluding hydrogens is 403 g/mol. The number of hydrogen-bond acceptors (Lipinski definition) is 6. The standard InChI is InChI=1S/C24H31FO6/c1-30-24(29)12-8-11-21(27)17-20(26)9-6-4-2-3-5-7-10-22(28)18-31-23-15-13-19(25)14-16-23/h2-7,9-10,13-16,20-22,26-28H,8,11-12,17-18H2,1H3/b4-2+,5-3-,9-6+,10-7+/t20-,21+,22+/m1/s1. The molecule has 0 bridgehead atoms. The number of carbonyl (C=O) groups is 1. The Morgan fingerprint density at radius 1 is 0.968 bits per heavy atom. The molecule has 1 aromatic carbocycles. The van der Waals surface area contributed by atoms with Crippen LogP contribution in [0, 0.1) is 5.82 Å². The van der Waals surface area contributed by atoms with Crippen LogP contribution in [-0.4, -0.2) is 53.3 Å². The summed E-state index contributed by atoms with van der Waals surface area (Å²) in [6.07, 6.45) is 12.6. The van der Waals surface area contributed by atoms with E-state index in [2.05, 4.69) is 4.74 Å². The van der Waals surface area contributed by atoms with Crippen molar-refractivity contribution in [1.82, 2.24) is 0 Å². The van der Waals surface area contributed by atoms with Crippen LogP contribution in [-0.2, 0) is 9.53 Å². The lowest BCUT2D eigenvalue weighted by atomic mass is 10.1. The molecule has 0 amide bonds. The quantitative estimate of drug-likeness (QED) is 0.307. The SMILES string of the molecule is COC(=O)CCC[C@H](O)C[C@H](O)/C=C/C=C/C=C\C=C\[C@H](O)COc1ccc(F)cc1. The van der Waals surface area contributed by atoms with Gasteiger partial charge in [0.05, 0.1) is 19.3 Å². The number of methoxy groups -OCH3 is 1. The van der Waals surface area contributed by atoms with Gasteiger partial charge in [-0.3, -0.25) is 4.79 Å². The van der Waals surface area contributed by atoms with Crippen LogP contribution in [0.5, 0.6) is 5.75 Å². The second-order valence-corrected chi connectivity index (χ2v) is 6.80. The average Bonchev–Trinajstić information content (AvgIpc) is 2.74. The van der Waals surface area contributed by atoms with Crippen LogP contribution in [0.1, 0.15) is 25.7 Å². The smallest absolute Gasteiger partial charge is 0.305 e. The Morgan fingerprint density at radius 2 is 1.55 bits per heavy atom. The maximum atomic E-state index is 12.8. The normalized spacial score (nSPS) is 15.1. The predicted molar refractivity (Wildman–Crippen MR) is 117 cm³/mol. The van der Waals surface area contributed by atoms with E-state index in [9.17, 15) is 24.5 Å². The molecule has 0 spiro atoms. The van der Waals surface area contributed by atoms with Crippen molar-refractivity contribution in [3.63, 3.8) is 0 Å². The number of benzene rings is 1. The van der Waals surface area contributed by atoms with E-state index in [4.69, 9.17) is 4.74 Å². The number of allylic oxidation sites excluding steroid dienone is 6. The molecule has 7 heteroatoms. The number of aliphatic hydroxyl groups excluding tert-OH is 3. The maximum absolute atomic E-state index is 12.8. The van der Waals surface area contributed by atoms with E-state index in [1.807, 2.05) is 0 Å². The summed E-state index contributed by atoms with van der Waals surface area (Å²) in [6, 6.07) is 5.56. The van der Waals surface area contributed by atoms with Crippen LogP contribution in [0.4, 0.5) is 4.39 Å². The van der Waals surface area contributed by atoms with Crippen molar-refractivity contribution in [2.45, 2.75) is 44.0 Å². The molecule has 170 valence electrons. The number of halogens is 1. The molecular formula is C24H31FO6. The summed E-state index contributed by atoms with van der Waals surface area (Å²) in [6.45, 7) is 0.0565. The van der Waals surface area contributed by atoms with Crippen molar-refractivity contribution in [2.24, 2.45) is 0 Å². The van der Waals surface area contributed by atoms with Crippen molar-refractivity contribution in [3.8, 4) is 5.75 Å². The molecule has 0 fully saturated rings. The zero-order valence-electron chi connectivity index (χ0n) is 17.6. The highest BCUT2D eigenvalue weighted by molar-refractivity contribution is 5.68. The van der Waals surface area contributed by atoms with Crippen molar-refractivity contribution in [3.05, 3.63) is 78.7 Å². The van der Waals surface area contributed by atoms with Gasteiger partial charge in [-0.1, -0.05) is 48.6 Å². The first-order valence-corrected chi connectivity index (χ1v) is 10.1. The molecule has 0 aromatic heterocycles. The van der Waals surface area contributed by atoms with Gasteiger partial charge in [-0.15, -0.1) is 0 Å². The Hall–Kier alpha value is -2.74. The monoisotopic (exact) mass is 434 g/mol. The highest BCUT2D eigenvalue weighted by atomic mass is 19.1. The predicted octanol–water partition coefficient (Wildman–Crippen LogP) is 3.25. The van der Waals surface area contributed by atoms with E-state index in [0.29, 0.717) is 18.6 Å². The summed E-state index contributed by atoms with van der Waals surface area (Å²) in [5.74, 6) is -0.177. The minimum absolute atomic E-state index is 0.0565. The number of rotatable bonds is 14. The first kappa shape index (κ1) is 26.3. The van der Waals surface area contributed by atoms with E-state index in [1.54, 1.807) is 48.6 Å². The average molecular weight is 435 g/mol. The molecule has 0 aliphatic rings. The molecule has 31 heavy (non-hydrogen) atoms. The molecule has 0 saturated carbocycles. The molecule has 0 heterocycles. The van der Waals surface area contributed by atoms with Gasteiger partial charge in [-0.2, -0.15) is 0 Å². The fraction of sp³-hybridized carbons (Fsp3) is 0.375. The third-order valence-electron chi connectivity index (χ3n) is 4.12. The molecule has 1 aromatic rings. The summed E-state index contributed by atoms with van der Waals surface area (Å²) in [4.78, 5) is 11.0. The molecule has 0 aliphatic carbocycles. The van der Waals surface area contributed by atoms with E-state index < -0.39 is 18.3 Å². The van der Waals surface area contributed by atoms with E-state index in [1.165, 1.54) is 31.4 Å². The first-order chi connectivity index (χ1) is 14.9. The number of aliphatic hydroxyl groups is 3. The molecule has 3 atom stereocenters. The first-order valence-electron chi connectivity index (χ1n) is 10.1. The Morgan fingerprint density at radius 3 is 2.16 bits per heavy atom. The third-order valence-corrected chi connectivity index (χ3v) is 4.12. The third kappa shape index (κ3) is 14.0. The highest BCUT2D eigenvalue weighted by Gasteiger charge is 2.10. The van der Waals surface area contributed by atoms with Gasteiger partial charge < -0.3 is 24.8 Å². The molecule has 6 nitrogen and oxygen atoms in total. The largest absolute Gasteiger partial charge is 0.491 e. The summed E-state index contributed by atoms with van der Waals surface area (Å²) >= 11 is 0. The Kier molecular flexibility index (Phi) is 13.6. The van der Waals surface area contributed by atoms with Crippen LogP contribution >= 0.6 is 0 Å². The maximum Gasteiger partial charge on any atom is 0.305 e. The summed E-state index contributed by atoms with van der Waals surface area (Å²) in [7, 11) is 1.32. The summed E-state index contributed by atoms with van der Waals surface area (Å²) < 4.78 is 22.7. The number of hydrogen-bond donors (Lipinski definition) is 3. The zero-order chi connectivity index (χ0) is 22.9. The molecule has 0 unspecified atom stereocenters. The van der Waals surface area contributed by atoms with Crippen molar-refractivity contribution in [1.29, 1.82) is 0 Å². The lowest BCUT2D eigenvalue weighted by Crippen LogP contribution is -2.16. The van der Waals surface area contributed by atoms with Gasteiger partial charge in [-0.05, 0) is 37.1 Å². The topological polar surface area (TPSA) is 96.2 Å². The summed E-state index contributed by atoms with van der Waals surface area (Å²) in [5, 5.41) is 29.5. The second-order valence-electron chi connectivity index (χ2n) is 6.80. The minimum atomic E-state index is -0.798. The Labute approximate surface area is 182 Å². The van der Waals surface area contributed by atoms with Gasteiger partial charge in [0.1, 0.15) is 24.3 Å². The van der Waals surface area contributed by atoms with Gasteiger partial charge in [0, 0.05) is 12.8 Å². The van der Waals surface area contributed by atoms with Gasteiger partial charge in [-0.25, -0.2) is 4.39 Å². The van der Waals surface area contributed by atoms with Crippen molar-refractivity contribution in [2.75, 3.05) is 13.7 Å². The second kappa shape index (κ2) is 16.0.